The van der Waals surface area contributed by atoms with Gasteiger partial charge in [-0.2, -0.15) is 0 Å². The van der Waals surface area contributed by atoms with Crippen molar-refractivity contribution in [3.8, 4) is 0 Å². The fraction of sp³-hybridized carbons (Fsp3) is 1.00. The van der Waals surface area contributed by atoms with Crippen LogP contribution < -0.4 is 0 Å². The minimum atomic E-state index is 0.0136. The van der Waals surface area contributed by atoms with E-state index in [1.54, 1.807) is 0 Å². The van der Waals surface area contributed by atoms with E-state index in [0.717, 1.165) is 19.6 Å². The van der Waals surface area contributed by atoms with Crippen molar-refractivity contribution >= 4 is 15.9 Å². The van der Waals surface area contributed by atoms with E-state index in [4.69, 9.17) is 9.47 Å². The number of hydrogen-bond acceptors (Lipinski definition) is 2. The van der Waals surface area contributed by atoms with Crippen LogP contribution in [-0.2, 0) is 9.47 Å². The van der Waals surface area contributed by atoms with Crippen LogP contribution in [0.5, 0.6) is 0 Å². The maximum absolute atomic E-state index is 5.54. The van der Waals surface area contributed by atoms with Gasteiger partial charge in [-0.1, -0.05) is 22.9 Å². The van der Waals surface area contributed by atoms with Gasteiger partial charge in [0.1, 0.15) is 0 Å². The zero-order chi connectivity index (χ0) is 8.81. The second-order valence-electron chi connectivity index (χ2n) is 3.25. The third kappa shape index (κ3) is 4.43. The predicted molar refractivity (Wildman–Crippen MR) is 52.5 cm³/mol. The van der Waals surface area contributed by atoms with Crippen LogP contribution in [0.2, 0.25) is 0 Å². The zero-order valence-corrected chi connectivity index (χ0v) is 9.18. The van der Waals surface area contributed by atoms with Crippen molar-refractivity contribution in [3.05, 3.63) is 0 Å². The van der Waals surface area contributed by atoms with Crippen LogP contribution in [0.25, 0.3) is 0 Å². The van der Waals surface area contributed by atoms with E-state index in [1.807, 2.05) is 0 Å². The Morgan fingerprint density at radius 3 is 2.33 bits per heavy atom. The Labute approximate surface area is 82.7 Å². The highest BCUT2D eigenvalue weighted by atomic mass is 79.9. The molecule has 2 nitrogen and oxygen atoms in total. The van der Waals surface area contributed by atoms with Crippen LogP contribution in [0.3, 0.4) is 0 Å². The Hall–Kier alpha value is 0.400. The van der Waals surface area contributed by atoms with Gasteiger partial charge in [-0.25, -0.2) is 0 Å². The van der Waals surface area contributed by atoms with Crippen LogP contribution >= 0.6 is 15.9 Å². The van der Waals surface area contributed by atoms with E-state index >= 15 is 0 Å². The summed E-state index contributed by atoms with van der Waals surface area (Å²) in [5, 5.41) is 0. The van der Waals surface area contributed by atoms with E-state index in [2.05, 4.69) is 22.9 Å². The molecule has 1 heterocycles. The lowest BCUT2D eigenvalue weighted by atomic mass is 10.2. The molecule has 3 heteroatoms. The topological polar surface area (TPSA) is 18.5 Å². The summed E-state index contributed by atoms with van der Waals surface area (Å²) in [6.07, 6.45) is 4.54. The Morgan fingerprint density at radius 1 is 1.25 bits per heavy atom. The second-order valence-corrected chi connectivity index (χ2v) is 4.81. The molecule has 1 atom stereocenters. The lowest BCUT2D eigenvalue weighted by Gasteiger charge is -2.21. The Bertz CT molecular complexity index is 109. The summed E-state index contributed by atoms with van der Waals surface area (Å²) < 4.78 is 11.1. The number of alkyl halides is 1. The summed E-state index contributed by atoms with van der Waals surface area (Å²) in [5.41, 5.74) is 0. The molecule has 1 saturated heterocycles. The summed E-state index contributed by atoms with van der Waals surface area (Å²) in [4.78, 5) is 0.474. The molecule has 1 aliphatic rings. The van der Waals surface area contributed by atoms with Crippen molar-refractivity contribution in [2.45, 2.75) is 43.7 Å². The molecule has 0 amide bonds. The molecule has 1 fully saturated rings. The van der Waals surface area contributed by atoms with Crippen molar-refractivity contribution in [3.63, 3.8) is 0 Å². The first-order valence-corrected chi connectivity index (χ1v) is 5.58. The average Bonchev–Trinajstić information content (AvgIpc) is 1.93. The first-order valence-electron chi connectivity index (χ1n) is 4.66. The van der Waals surface area contributed by atoms with Gasteiger partial charge in [-0.15, -0.1) is 0 Å². The summed E-state index contributed by atoms with van der Waals surface area (Å²) in [5.74, 6) is 0. The van der Waals surface area contributed by atoms with Gasteiger partial charge < -0.3 is 9.47 Å². The SMILES string of the molecule is CC(Br)CC1OCCCCCO1. The largest absolute Gasteiger partial charge is 0.353 e. The van der Waals surface area contributed by atoms with Crippen molar-refractivity contribution in [1.29, 1.82) is 0 Å². The van der Waals surface area contributed by atoms with Crippen LogP contribution in [-0.4, -0.2) is 24.3 Å². The second kappa shape index (κ2) is 5.95. The van der Waals surface area contributed by atoms with E-state index in [1.165, 1.54) is 19.3 Å². The molecule has 0 aromatic heterocycles. The molecule has 0 N–H and O–H groups in total. The smallest absolute Gasteiger partial charge is 0.158 e. The molecule has 1 rings (SSSR count). The normalized spacial score (nSPS) is 24.5. The van der Waals surface area contributed by atoms with Crippen LogP contribution in [0, 0.1) is 0 Å². The van der Waals surface area contributed by atoms with Gasteiger partial charge in [0.15, 0.2) is 6.29 Å². The molecule has 0 bridgehead atoms. The Balaban J connectivity index is 2.20. The molecular formula is C9H17BrO2. The molecular weight excluding hydrogens is 220 g/mol. The molecule has 0 aromatic rings. The van der Waals surface area contributed by atoms with Gasteiger partial charge in [-0.3, -0.25) is 0 Å². The standard InChI is InChI=1S/C9H17BrO2/c1-8(10)7-9-11-5-3-2-4-6-12-9/h8-9H,2-7H2,1H3. The maximum atomic E-state index is 5.54. The number of halogens is 1. The Kier molecular flexibility index (Phi) is 5.19. The van der Waals surface area contributed by atoms with Gasteiger partial charge in [0, 0.05) is 24.5 Å². The van der Waals surface area contributed by atoms with Crippen molar-refractivity contribution in [1.82, 2.24) is 0 Å². The molecule has 1 unspecified atom stereocenters. The summed E-state index contributed by atoms with van der Waals surface area (Å²) >= 11 is 3.49. The highest BCUT2D eigenvalue weighted by molar-refractivity contribution is 9.09. The molecule has 1 aliphatic heterocycles. The van der Waals surface area contributed by atoms with Gasteiger partial charge in [0.05, 0.1) is 0 Å². The minimum absolute atomic E-state index is 0.0136. The van der Waals surface area contributed by atoms with E-state index in [-0.39, 0.29) is 6.29 Å². The lowest BCUT2D eigenvalue weighted by molar-refractivity contribution is -0.153. The quantitative estimate of drug-likeness (QED) is 0.687. The third-order valence-corrected chi connectivity index (χ3v) is 2.29. The van der Waals surface area contributed by atoms with Gasteiger partial charge in [-0.05, 0) is 19.3 Å². The highest BCUT2D eigenvalue weighted by Gasteiger charge is 2.13. The van der Waals surface area contributed by atoms with Gasteiger partial charge >= 0.3 is 0 Å². The first-order chi connectivity index (χ1) is 5.79. The fourth-order valence-electron chi connectivity index (χ4n) is 1.26. The highest BCUT2D eigenvalue weighted by Crippen LogP contribution is 2.14. The van der Waals surface area contributed by atoms with E-state index in [9.17, 15) is 0 Å². The third-order valence-electron chi connectivity index (χ3n) is 1.91. The van der Waals surface area contributed by atoms with Crippen LogP contribution in [0.1, 0.15) is 32.6 Å². The average molecular weight is 237 g/mol. The lowest BCUT2D eigenvalue weighted by Crippen LogP contribution is -2.23. The summed E-state index contributed by atoms with van der Waals surface area (Å²) in [7, 11) is 0. The molecule has 0 radical (unpaired) electrons. The van der Waals surface area contributed by atoms with Gasteiger partial charge in [0.25, 0.3) is 0 Å². The summed E-state index contributed by atoms with van der Waals surface area (Å²) in [6.45, 7) is 3.82. The van der Waals surface area contributed by atoms with Crippen LogP contribution in [0.15, 0.2) is 0 Å². The zero-order valence-electron chi connectivity index (χ0n) is 7.59. The summed E-state index contributed by atoms with van der Waals surface area (Å²) in [6, 6.07) is 0. The maximum Gasteiger partial charge on any atom is 0.158 e. The predicted octanol–water partition coefficient (Wildman–Crippen LogP) is 2.70. The Morgan fingerprint density at radius 2 is 1.83 bits per heavy atom. The molecule has 0 saturated carbocycles. The first kappa shape index (κ1) is 10.5. The van der Waals surface area contributed by atoms with E-state index < -0.39 is 0 Å². The molecule has 12 heavy (non-hydrogen) atoms. The minimum Gasteiger partial charge on any atom is -0.353 e. The van der Waals surface area contributed by atoms with Crippen molar-refractivity contribution in [2.75, 3.05) is 13.2 Å². The molecule has 0 spiro atoms. The van der Waals surface area contributed by atoms with Gasteiger partial charge in [0.2, 0.25) is 0 Å². The number of hydrogen-bond donors (Lipinski definition) is 0. The molecule has 0 aliphatic carbocycles. The van der Waals surface area contributed by atoms with Crippen molar-refractivity contribution < 1.29 is 9.47 Å². The molecule has 72 valence electrons. The van der Waals surface area contributed by atoms with Crippen LogP contribution in [0.4, 0.5) is 0 Å². The van der Waals surface area contributed by atoms with Crippen molar-refractivity contribution in [2.24, 2.45) is 0 Å². The monoisotopic (exact) mass is 236 g/mol. The number of ether oxygens (including phenoxy) is 2. The fourth-order valence-corrected chi connectivity index (χ4v) is 1.57. The van der Waals surface area contributed by atoms with E-state index in [0.29, 0.717) is 4.83 Å². The molecule has 0 aromatic carbocycles. The number of rotatable bonds is 2.